The van der Waals surface area contributed by atoms with E-state index in [2.05, 4.69) is 178 Å². The molecular formula is C44H39BN2. The number of allylic oxidation sites excluding steroid dienone is 3. The molecule has 0 unspecified atom stereocenters. The molecule has 0 saturated heterocycles. The lowest BCUT2D eigenvalue weighted by molar-refractivity contribution is 1.07. The molecule has 47 heavy (non-hydrogen) atoms. The van der Waals surface area contributed by atoms with Crippen LogP contribution in [0.15, 0.2) is 146 Å². The van der Waals surface area contributed by atoms with Gasteiger partial charge in [0.2, 0.25) is 6.71 Å². The summed E-state index contributed by atoms with van der Waals surface area (Å²) in [5, 5.41) is 3.77. The zero-order valence-corrected chi connectivity index (χ0v) is 27.7. The van der Waals surface area contributed by atoms with Crippen molar-refractivity contribution in [1.29, 1.82) is 0 Å². The van der Waals surface area contributed by atoms with Gasteiger partial charge in [-0.3, -0.25) is 0 Å². The van der Waals surface area contributed by atoms with Gasteiger partial charge in [-0.2, -0.15) is 0 Å². The van der Waals surface area contributed by atoms with Crippen LogP contribution < -0.4 is 26.4 Å². The van der Waals surface area contributed by atoms with Gasteiger partial charge in [0.25, 0.3) is 0 Å². The first kappa shape index (κ1) is 30.1. The number of benzene rings is 5. The molecule has 0 aliphatic carbocycles. The number of hydrogen-bond donors (Lipinski definition) is 0. The van der Waals surface area contributed by atoms with Gasteiger partial charge >= 0.3 is 0 Å². The summed E-state index contributed by atoms with van der Waals surface area (Å²) < 4.78 is 2.36. The van der Waals surface area contributed by atoms with E-state index in [4.69, 9.17) is 0 Å². The van der Waals surface area contributed by atoms with E-state index in [9.17, 15) is 0 Å². The average Bonchev–Trinajstić information content (AvgIpc) is 3.45. The van der Waals surface area contributed by atoms with Gasteiger partial charge in [-0.1, -0.05) is 122 Å². The predicted molar refractivity (Wildman–Crippen MR) is 206 cm³/mol. The minimum absolute atomic E-state index is 0.104. The highest BCUT2D eigenvalue weighted by Gasteiger charge is 2.35. The predicted octanol–water partition coefficient (Wildman–Crippen LogP) is 8.61. The third-order valence-electron chi connectivity index (χ3n) is 9.82. The van der Waals surface area contributed by atoms with Crippen molar-refractivity contribution < 1.29 is 0 Å². The van der Waals surface area contributed by atoms with Crippen LogP contribution in [0.4, 0.5) is 11.4 Å². The van der Waals surface area contributed by atoms with Crippen LogP contribution in [0.3, 0.4) is 0 Å². The van der Waals surface area contributed by atoms with E-state index in [1.54, 1.807) is 0 Å². The Morgan fingerprint density at radius 2 is 1.26 bits per heavy atom. The van der Waals surface area contributed by atoms with Gasteiger partial charge in [0.05, 0.1) is 5.52 Å². The maximum atomic E-state index is 4.29. The van der Waals surface area contributed by atoms with Crippen LogP contribution in [0, 0.1) is 6.92 Å². The van der Waals surface area contributed by atoms with E-state index in [0.29, 0.717) is 0 Å². The highest BCUT2D eigenvalue weighted by molar-refractivity contribution is 6.93. The lowest BCUT2D eigenvalue weighted by atomic mass is 9.34. The molecule has 0 bridgehead atoms. The molecule has 1 aliphatic heterocycles. The second kappa shape index (κ2) is 12.3. The third kappa shape index (κ3) is 4.91. The zero-order valence-electron chi connectivity index (χ0n) is 27.7. The molecule has 0 radical (unpaired) electrons. The Balaban J connectivity index is 1.26. The van der Waals surface area contributed by atoms with Crippen molar-refractivity contribution in [3.05, 3.63) is 167 Å². The molecule has 0 fully saturated rings. The summed E-state index contributed by atoms with van der Waals surface area (Å²) in [6.45, 7) is 17.1. The highest BCUT2D eigenvalue weighted by atomic mass is 15.2. The van der Waals surface area contributed by atoms with Crippen molar-refractivity contribution in [2.45, 2.75) is 27.7 Å². The monoisotopic (exact) mass is 606 g/mol. The van der Waals surface area contributed by atoms with Crippen molar-refractivity contribution in [3.63, 3.8) is 0 Å². The quantitative estimate of drug-likeness (QED) is 0.172. The standard InChI is InChI=1S/C44H39BN2/c1-7-32-16-15-19-40(30(32)5)45-39(9-3)31(6)46(44-21-14-12-18-41(44)45)35-26-22-33(23-27-35)34-24-28-36(29-25-34)47-42(10-4)37(8-2)38-17-11-13-20-43(38)47/h7-29H,1,3H2,2,4-6H3. The number of rotatable bonds is 6. The third-order valence-corrected chi connectivity index (χ3v) is 9.82. The summed E-state index contributed by atoms with van der Waals surface area (Å²) >= 11 is 0. The van der Waals surface area contributed by atoms with E-state index in [-0.39, 0.29) is 6.71 Å². The molecule has 228 valence electrons. The summed E-state index contributed by atoms with van der Waals surface area (Å²) in [6, 6.07) is 41.8. The van der Waals surface area contributed by atoms with Crippen LogP contribution in [0.2, 0.25) is 0 Å². The number of fused-ring (bicyclic) bond motifs is 2. The van der Waals surface area contributed by atoms with Crippen molar-refractivity contribution in [2.24, 2.45) is 0 Å². The molecule has 5 aromatic carbocycles. The molecule has 0 N–H and O–H groups in total. The molecule has 1 aromatic heterocycles. The van der Waals surface area contributed by atoms with Gasteiger partial charge < -0.3 is 9.47 Å². The number of nitrogens with zero attached hydrogens (tertiary/aromatic N) is 2. The first-order valence-corrected chi connectivity index (χ1v) is 16.4. The molecular weight excluding hydrogens is 567 g/mol. The van der Waals surface area contributed by atoms with Crippen LogP contribution in [0.25, 0.3) is 45.9 Å². The van der Waals surface area contributed by atoms with Gasteiger partial charge in [0, 0.05) is 38.7 Å². The molecule has 7 rings (SSSR count). The minimum atomic E-state index is 0.104. The fourth-order valence-corrected chi connectivity index (χ4v) is 7.52. The fraction of sp³-hybridized carbons (Fsp3) is 0.0909. The first-order chi connectivity index (χ1) is 23.0. The summed E-state index contributed by atoms with van der Waals surface area (Å²) in [5.74, 6) is 0. The lowest BCUT2D eigenvalue weighted by Gasteiger charge is -2.37. The van der Waals surface area contributed by atoms with E-state index in [0.717, 1.165) is 11.4 Å². The van der Waals surface area contributed by atoms with Crippen molar-refractivity contribution in [1.82, 2.24) is 4.57 Å². The number of hydrogen-bond acceptors (Lipinski definition) is 1. The number of anilines is 2. The number of para-hydroxylation sites is 2. The Labute approximate surface area is 278 Å². The zero-order chi connectivity index (χ0) is 32.7. The molecule has 0 saturated carbocycles. The SMILES string of the molecule is C=CC1=C(C)N(c2ccc(-c3ccc(-n4c(=CC)c(=CC)c5ccccc54)cc3)cc2)c2ccccc2B1c1cccc(C=C)c1C. The topological polar surface area (TPSA) is 8.17 Å². The average molecular weight is 607 g/mol. The molecule has 6 aromatic rings. The summed E-state index contributed by atoms with van der Waals surface area (Å²) in [7, 11) is 0. The van der Waals surface area contributed by atoms with Crippen LogP contribution in [-0.2, 0) is 0 Å². The van der Waals surface area contributed by atoms with Gasteiger partial charge in [0.15, 0.2) is 0 Å². The molecule has 0 spiro atoms. The Morgan fingerprint density at radius 1 is 0.617 bits per heavy atom. The Kier molecular flexibility index (Phi) is 7.91. The molecule has 0 atom stereocenters. The summed E-state index contributed by atoms with van der Waals surface area (Å²) in [5.41, 5.74) is 14.5. The van der Waals surface area contributed by atoms with Crippen LogP contribution >= 0.6 is 0 Å². The molecule has 1 aliphatic rings. The van der Waals surface area contributed by atoms with Gasteiger partial charge in [-0.25, -0.2) is 0 Å². The lowest BCUT2D eigenvalue weighted by Crippen LogP contribution is -2.51. The fourth-order valence-electron chi connectivity index (χ4n) is 7.52. The van der Waals surface area contributed by atoms with Crippen molar-refractivity contribution >= 4 is 58.1 Å². The smallest absolute Gasteiger partial charge is 0.246 e. The van der Waals surface area contributed by atoms with E-state index < -0.39 is 0 Å². The van der Waals surface area contributed by atoms with Crippen molar-refractivity contribution in [2.75, 3.05) is 4.90 Å². The molecule has 2 nitrogen and oxygen atoms in total. The second-order valence-corrected chi connectivity index (χ2v) is 12.2. The van der Waals surface area contributed by atoms with E-state index in [1.807, 2.05) is 12.2 Å². The van der Waals surface area contributed by atoms with Gasteiger partial charge in [0.1, 0.15) is 0 Å². The minimum Gasteiger partial charge on any atom is -0.316 e. The number of aromatic nitrogens is 1. The first-order valence-electron chi connectivity index (χ1n) is 16.4. The van der Waals surface area contributed by atoms with Crippen molar-refractivity contribution in [3.8, 4) is 16.8 Å². The summed E-state index contributed by atoms with van der Waals surface area (Å²) in [4.78, 5) is 2.38. The second-order valence-electron chi connectivity index (χ2n) is 12.2. The van der Waals surface area contributed by atoms with Gasteiger partial charge in [-0.15, -0.1) is 0 Å². The normalized spacial score (nSPS) is 13.8. The molecule has 3 heteroatoms. The van der Waals surface area contributed by atoms with E-state index in [1.165, 1.54) is 71.5 Å². The molecule has 0 amide bonds. The molecule has 2 heterocycles. The maximum absolute atomic E-state index is 4.29. The maximum Gasteiger partial charge on any atom is 0.246 e. The van der Waals surface area contributed by atoms with Crippen LogP contribution in [0.5, 0.6) is 0 Å². The Morgan fingerprint density at radius 3 is 1.91 bits per heavy atom. The Bertz CT molecular complexity index is 2320. The highest BCUT2D eigenvalue weighted by Crippen LogP contribution is 2.36. The van der Waals surface area contributed by atoms with E-state index >= 15 is 0 Å². The van der Waals surface area contributed by atoms with Crippen LogP contribution in [-0.4, -0.2) is 11.3 Å². The summed E-state index contributed by atoms with van der Waals surface area (Å²) in [6.07, 6.45) is 8.40. The van der Waals surface area contributed by atoms with Crippen LogP contribution in [0.1, 0.15) is 31.9 Å². The largest absolute Gasteiger partial charge is 0.316 e. The van der Waals surface area contributed by atoms with Gasteiger partial charge in [-0.05, 0) is 97.3 Å². The Hall–Kier alpha value is -5.54.